The summed E-state index contributed by atoms with van der Waals surface area (Å²) in [6.07, 6.45) is 5.40. The summed E-state index contributed by atoms with van der Waals surface area (Å²) >= 11 is 1.67. The van der Waals surface area contributed by atoms with Gasteiger partial charge in [0.15, 0.2) is 0 Å². The molecule has 0 spiro atoms. The van der Waals surface area contributed by atoms with Crippen molar-refractivity contribution in [2.24, 2.45) is 5.92 Å². The van der Waals surface area contributed by atoms with Crippen molar-refractivity contribution in [1.82, 2.24) is 10.3 Å². The van der Waals surface area contributed by atoms with Crippen molar-refractivity contribution >= 4 is 45.6 Å². The van der Waals surface area contributed by atoms with Crippen LogP contribution in [0.2, 0.25) is 0 Å². The first kappa shape index (κ1) is 19.4. The molecule has 4 nitrogen and oxygen atoms in total. The summed E-state index contributed by atoms with van der Waals surface area (Å²) in [7, 11) is 0. The quantitative estimate of drug-likeness (QED) is 0.614. The van der Waals surface area contributed by atoms with Gasteiger partial charge in [-0.1, -0.05) is 24.3 Å². The highest BCUT2D eigenvalue weighted by atomic mass is 35.5. The molecule has 28 heavy (non-hydrogen) atoms. The van der Waals surface area contributed by atoms with Crippen molar-refractivity contribution in [2.45, 2.75) is 44.2 Å². The van der Waals surface area contributed by atoms with Crippen LogP contribution in [0.15, 0.2) is 48.5 Å². The van der Waals surface area contributed by atoms with Crippen molar-refractivity contribution in [3.05, 3.63) is 48.5 Å². The van der Waals surface area contributed by atoms with Gasteiger partial charge in [0.25, 0.3) is 0 Å². The molecular weight excluding hydrogens is 390 g/mol. The van der Waals surface area contributed by atoms with E-state index < -0.39 is 0 Å². The van der Waals surface area contributed by atoms with Gasteiger partial charge in [-0.25, -0.2) is 4.98 Å². The van der Waals surface area contributed by atoms with Gasteiger partial charge < -0.3 is 10.6 Å². The summed E-state index contributed by atoms with van der Waals surface area (Å²) < 4.78 is 1.17. The Kier molecular flexibility index (Phi) is 5.67. The first-order valence-electron chi connectivity index (χ1n) is 9.75. The summed E-state index contributed by atoms with van der Waals surface area (Å²) in [5.41, 5.74) is 2.86. The third-order valence-corrected chi connectivity index (χ3v) is 6.84. The molecule has 0 radical (unpaired) electrons. The van der Waals surface area contributed by atoms with E-state index in [1.807, 2.05) is 42.5 Å². The Labute approximate surface area is 175 Å². The maximum Gasteiger partial charge on any atom is 0.224 e. The molecule has 1 aromatic heterocycles. The minimum absolute atomic E-state index is 0. The largest absolute Gasteiger partial charge is 0.325 e. The number of hydrogen-bond acceptors (Lipinski definition) is 4. The summed E-state index contributed by atoms with van der Waals surface area (Å²) in [5, 5.41) is 7.76. The highest BCUT2D eigenvalue weighted by Crippen LogP contribution is 2.36. The van der Waals surface area contributed by atoms with Crippen LogP contribution in [0.1, 0.15) is 32.1 Å². The highest BCUT2D eigenvalue weighted by molar-refractivity contribution is 7.21. The predicted molar refractivity (Wildman–Crippen MR) is 118 cm³/mol. The fraction of sp³-hybridized carbons (Fsp3) is 0.364. The smallest absolute Gasteiger partial charge is 0.224 e. The van der Waals surface area contributed by atoms with E-state index in [9.17, 15) is 4.79 Å². The average molecular weight is 414 g/mol. The van der Waals surface area contributed by atoms with Crippen molar-refractivity contribution in [3.8, 4) is 10.6 Å². The minimum atomic E-state index is 0. The third-order valence-electron chi connectivity index (χ3n) is 5.77. The van der Waals surface area contributed by atoms with Crippen molar-refractivity contribution < 1.29 is 4.79 Å². The number of anilines is 1. The summed E-state index contributed by atoms with van der Waals surface area (Å²) in [4.78, 5) is 17.5. The Morgan fingerprint density at radius 2 is 1.79 bits per heavy atom. The third kappa shape index (κ3) is 3.93. The van der Waals surface area contributed by atoms with E-state index in [4.69, 9.17) is 4.98 Å². The van der Waals surface area contributed by atoms with Crippen LogP contribution >= 0.6 is 23.7 Å². The molecule has 2 aliphatic rings. The number of nitrogens with zero attached hydrogens (tertiary/aromatic N) is 1. The second-order valence-electron chi connectivity index (χ2n) is 7.76. The first-order valence-corrected chi connectivity index (χ1v) is 10.6. The molecule has 2 atom stereocenters. The molecule has 6 heteroatoms. The van der Waals surface area contributed by atoms with E-state index in [2.05, 4.69) is 16.7 Å². The van der Waals surface area contributed by atoms with E-state index in [0.717, 1.165) is 34.6 Å². The Morgan fingerprint density at radius 1 is 1.07 bits per heavy atom. The van der Waals surface area contributed by atoms with Crippen LogP contribution in [0.5, 0.6) is 0 Å². The lowest BCUT2D eigenvalue weighted by Gasteiger charge is -2.28. The number of nitrogens with one attached hydrogen (secondary N) is 2. The number of fused-ring (bicyclic) bond motifs is 3. The molecule has 2 aromatic carbocycles. The number of halogens is 1. The molecule has 2 bridgehead atoms. The number of aromatic nitrogens is 1. The molecule has 1 amide bonds. The molecule has 2 fully saturated rings. The van der Waals surface area contributed by atoms with Crippen LogP contribution in [0.4, 0.5) is 5.69 Å². The lowest BCUT2D eigenvalue weighted by atomic mass is 9.89. The molecule has 2 unspecified atom stereocenters. The molecule has 146 valence electrons. The van der Waals surface area contributed by atoms with Crippen LogP contribution in [0, 0.1) is 5.92 Å². The van der Waals surface area contributed by atoms with Crippen LogP contribution in [-0.4, -0.2) is 23.0 Å². The van der Waals surface area contributed by atoms with Crippen molar-refractivity contribution in [1.29, 1.82) is 0 Å². The standard InChI is InChI=1S/C22H23N3OS.ClH/c26-21(13-14-11-15-9-10-16(12-14)23-15)24-18-6-2-1-5-17(18)22-25-19-7-3-4-8-20(19)27-22;/h1-8,14-16,23H,9-13H2,(H,24,26);1H. The molecule has 2 N–H and O–H groups in total. The Hall–Kier alpha value is -1.95. The van der Waals surface area contributed by atoms with Gasteiger partial charge in [-0.2, -0.15) is 0 Å². The zero-order chi connectivity index (χ0) is 18.2. The second-order valence-corrected chi connectivity index (χ2v) is 8.79. The van der Waals surface area contributed by atoms with Gasteiger partial charge in [-0.15, -0.1) is 23.7 Å². The minimum Gasteiger partial charge on any atom is -0.325 e. The maximum absolute atomic E-state index is 12.7. The number of hydrogen-bond donors (Lipinski definition) is 2. The van der Waals surface area contributed by atoms with Crippen LogP contribution in [0.25, 0.3) is 20.8 Å². The normalized spacial score (nSPS) is 23.4. The fourth-order valence-corrected chi connectivity index (χ4v) is 5.58. The summed E-state index contributed by atoms with van der Waals surface area (Å²) in [6, 6.07) is 17.4. The van der Waals surface area contributed by atoms with E-state index >= 15 is 0 Å². The molecule has 0 aliphatic carbocycles. The van der Waals surface area contributed by atoms with Crippen molar-refractivity contribution in [2.75, 3.05) is 5.32 Å². The summed E-state index contributed by atoms with van der Waals surface area (Å²) in [5.74, 6) is 0.619. The Morgan fingerprint density at radius 3 is 2.57 bits per heavy atom. The number of amides is 1. The topological polar surface area (TPSA) is 54.0 Å². The number of benzene rings is 2. The molecule has 5 rings (SSSR count). The van der Waals surface area contributed by atoms with Crippen molar-refractivity contribution in [3.63, 3.8) is 0 Å². The Bertz CT molecular complexity index is 944. The first-order chi connectivity index (χ1) is 13.2. The molecule has 3 heterocycles. The zero-order valence-electron chi connectivity index (χ0n) is 15.6. The zero-order valence-corrected chi connectivity index (χ0v) is 17.2. The van der Waals surface area contributed by atoms with Gasteiger partial charge in [-0.05, 0) is 55.9 Å². The monoisotopic (exact) mass is 413 g/mol. The van der Waals surface area contributed by atoms with Crippen LogP contribution in [0.3, 0.4) is 0 Å². The number of carbonyl (C=O) groups excluding carboxylic acids is 1. The predicted octanol–water partition coefficient (Wildman–Crippen LogP) is 5.24. The Balaban J connectivity index is 0.00000192. The van der Waals surface area contributed by atoms with Gasteiger partial charge in [0, 0.05) is 24.1 Å². The summed E-state index contributed by atoms with van der Waals surface area (Å²) in [6.45, 7) is 0. The number of carbonyl (C=O) groups is 1. The number of thiazole rings is 1. The molecule has 2 saturated heterocycles. The average Bonchev–Trinajstić information content (AvgIpc) is 3.25. The maximum atomic E-state index is 12.7. The lowest BCUT2D eigenvalue weighted by molar-refractivity contribution is -0.117. The van der Waals surface area contributed by atoms with E-state index in [1.54, 1.807) is 11.3 Å². The molecule has 3 aromatic rings. The second kappa shape index (κ2) is 8.19. The highest BCUT2D eigenvalue weighted by Gasteiger charge is 2.34. The van der Waals surface area contributed by atoms with E-state index in [-0.39, 0.29) is 18.3 Å². The number of rotatable bonds is 4. The lowest BCUT2D eigenvalue weighted by Crippen LogP contribution is -2.39. The van der Waals surface area contributed by atoms with Gasteiger partial charge in [-0.3, -0.25) is 4.79 Å². The van der Waals surface area contributed by atoms with Gasteiger partial charge in [0.05, 0.1) is 15.9 Å². The fourth-order valence-electron chi connectivity index (χ4n) is 4.57. The van der Waals surface area contributed by atoms with E-state index in [1.165, 1.54) is 17.5 Å². The van der Waals surface area contributed by atoms with Gasteiger partial charge >= 0.3 is 0 Å². The molecule has 0 saturated carbocycles. The van der Waals surface area contributed by atoms with E-state index in [0.29, 0.717) is 24.4 Å². The SMILES string of the molecule is Cl.O=C(CC1CC2CCC(C1)N2)Nc1ccccc1-c1nc2ccccc2s1. The number of para-hydroxylation sites is 2. The van der Waals surface area contributed by atoms with Gasteiger partial charge in [0.2, 0.25) is 5.91 Å². The number of piperidine rings is 1. The van der Waals surface area contributed by atoms with Crippen LogP contribution in [-0.2, 0) is 4.79 Å². The van der Waals surface area contributed by atoms with Gasteiger partial charge in [0.1, 0.15) is 5.01 Å². The molecular formula is C22H24ClN3OS. The van der Waals surface area contributed by atoms with Crippen LogP contribution < -0.4 is 10.6 Å². The molecule has 2 aliphatic heterocycles.